The predicted molar refractivity (Wildman–Crippen MR) is 64.5 cm³/mol. The van der Waals surface area contributed by atoms with E-state index < -0.39 is 23.1 Å². The zero-order valence-electron chi connectivity index (χ0n) is 9.64. The van der Waals surface area contributed by atoms with Crippen molar-refractivity contribution in [3.05, 3.63) is 48.0 Å². The Kier molecular flexibility index (Phi) is 3.75. The van der Waals surface area contributed by atoms with Crippen LogP contribution >= 0.6 is 0 Å². The average molecular weight is 266 g/mol. The van der Waals surface area contributed by atoms with Crippen molar-refractivity contribution in [2.24, 2.45) is 0 Å². The van der Waals surface area contributed by atoms with Gasteiger partial charge in [-0.3, -0.25) is 0 Å². The van der Waals surface area contributed by atoms with Crippen LogP contribution in [-0.4, -0.2) is 17.9 Å². The van der Waals surface area contributed by atoms with Gasteiger partial charge in [0.1, 0.15) is 11.5 Å². The maximum Gasteiger partial charge on any atom is 0.576 e. The quantitative estimate of drug-likeness (QED) is 0.832. The molecule has 19 heavy (non-hydrogen) atoms. The van der Waals surface area contributed by atoms with Crippen molar-refractivity contribution in [2.75, 3.05) is 0 Å². The molecule has 0 heterocycles. The third-order valence-electron chi connectivity index (χ3n) is 2.29. The van der Waals surface area contributed by atoms with Gasteiger partial charge in [0.15, 0.2) is 23.1 Å². The molecule has 0 saturated heterocycles. The maximum atomic E-state index is 12.8. The number of hydrogen-bond acceptors (Lipinski definition) is 4. The molecular formula is C12H9BF2O4. The third-order valence-corrected chi connectivity index (χ3v) is 2.29. The van der Waals surface area contributed by atoms with E-state index in [4.69, 9.17) is 19.5 Å². The fourth-order valence-corrected chi connectivity index (χ4v) is 1.33. The highest BCUT2D eigenvalue weighted by Crippen LogP contribution is 2.23. The van der Waals surface area contributed by atoms with Gasteiger partial charge in [0.05, 0.1) is 0 Å². The molecule has 2 rings (SSSR count). The van der Waals surface area contributed by atoms with Crippen molar-refractivity contribution < 1.29 is 28.3 Å². The minimum Gasteiger partial charge on any atom is -0.528 e. The summed E-state index contributed by atoms with van der Waals surface area (Å²) >= 11 is 0. The van der Waals surface area contributed by atoms with E-state index in [0.717, 1.165) is 24.3 Å². The second-order valence-corrected chi connectivity index (χ2v) is 3.63. The third kappa shape index (κ3) is 3.28. The molecule has 0 aliphatic heterocycles. The van der Waals surface area contributed by atoms with Crippen molar-refractivity contribution in [3.63, 3.8) is 0 Å². The largest absolute Gasteiger partial charge is 0.576 e. The molecule has 98 valence electrons. The second-order valence-electron chi connectivity index (χ2n) is 3.63. The molecule has 0 spiro atoms. The molecular weight excluding hydrogens is 257 g/mol. The van der Waals surface area contributed by atoms with Crippen molar-refractivity contribution in [1.82, 2.24) is 0 Å². The Labute approximate surface area is 108 Å². The monoisotopic (exact) mass is 266 g/mol. The maximum absolute atomic E-state index is 12.8. The molecule has 0 radical (unpaired) electrons. The first kappa shape index (κ1) is 13.0. The number of hydrogen-bond donors (Lipinski definition) is 2. The van der Waals surface area contributed by atoms with Gasteiger partial charge in [0.25, 0.3) is 0 Å². The molecule has 0 atom stereocenters. The Morgan fingerprint density at radius 1 is 0.789 bits per heavy atom. The molecule has 0 bridgehead atoms. The molecule has 2 aromatic carbocycles. The topological polar surface area (TPSA) is 58.9 Å². The highest BCUT2D eigenvalue weighted by molar-refractivity contribution is 6.20. The minimum absolute atomic E-state index is 0.213. The van der Waals surface area contributed by atoms with Crippen LogP contribution in [0.15, 0.2) is 36.4 Å². The van der Waals surface area contributed by atoms with Gasteiger partial charge in [-0.2, -0.15) is 0 Å². The lowest BCUT2D eigenvalue weighted by molar-refractivity contribution is 0.416. The number of phenolic OH excluding ortho intramolecular Hbond substituents is 2. The molecule has 0 aromatic heterocycles. The fraction of sp³-hybridized carbons (Fsp3) is 0. The summed E-state index contributed by atoms with van der Waals surface area (Å²) in [5.74, 6) is -2.14. The van der Waals surface area contributed by atoms with E-state index in [-0.39, 0.29) is 19.2 Å². The summed E-state index contributed by atoms with van der Waals surface area (Å²) in [6.45, 7) is 0. The van der Waals surface area contributed by atoms with Gasteiger partial charge in [0.2, 0.25) is 0 Å². The molecule has 0 aliphatic rings. The SMILES string of the molecule is Oc1cc(OBOc2ccc(F)c(O)c2)ccc1F. The molecule has 2 N–H and O–H groups in total. The predicted octanol–water partition coefficient (Wildman–Crippen LogP) is 2.10. The van der Waals surface area contributed by atoms with Crippen LogP contribution in [0.25, 0.3) is 0 Å². The molecule has 0 fully saturated rings. The smallest absolute Gasteiger partial charge is 0.528 e. The molecule has 2 aromatic rings. The molecule has 0 amide bonds. The van der Waals surface area contributed by atoms with Gasteiger partial charge in [-0.15, -0.1) is 0 Å². The summed E-state index contributed by atoms with van der Waals surface area (Å²) in [5, 5.41) is 18.2. The second kappa shape index (κ2) is 5.47. The van der Waals surface area contributed by atoms with Gasteiger partial charge < -0.3 is 19.5 Å². The van der Waals surface area contributed by atoms with E-state index in [2.05, 4.69) is 0 Å². The molecule has 4 nitrogen and oxygen atoms in total. The van der Waals surface area contributed by atoms with Crippen LogP contribution in [-0.2, 0) is 0 Å². The van der Waals surface area contributed by atoms with Crippen molar-refractivity contribution in [1.29, 1.82) is 0 Å². The van der Waals surface area contributed by atoms with Crippen LogP contribution in [0.4, 0.5) is 8.78 Å². The molecule has 0 saturated carbocycles. The first-order chi connectivity index (χ1) is 9.06. The van der Waals surface area contributed by atoms with Crippen LogP contribution in [0.3, 0.4) is 0 Å². The minimum atomic E-state index is -0.753. The fourth-order valence-electron chi connectivity index (χ4n) is 1.33. The van der Waals surface area contributed by atoms with Crippen LogP contribution in [0.1, 0.15) is 0 Å². The molecule has 7 heteroatoms. The lowest BCUT2D eigenvalue weighted by atomic mass is 10.2. The molecule has 0 aliphatic carbocycles. The summed E-state index contributed by atoms with van der Waals surface area (Å²) in [4.78, 5) is 0. The lowest BCUT2D eigenvalue weighted by Crippen LogP contribution is -2.10. The number of aromatic hydroxyl groups is 2. The number of phenols is 2. The first-order valence-electron chi connectivity index (χ1n) is 5.29. The average Bonchev–Trinajstić information content (AvgIpc) is 2.38. The lowest BCUT2D eigenvalue weighted by Gasteiger charge is -2.08. The highest BCUT2D eigenvalue weighted by atomic mass is 19.1. The summed E-state index contributed by atoms with van der Waals surface area (Å²) < 4.78 is 35.7. The van der Waals surface area contributed by atoms with E-state index in [1.165, 1.54) is 12.1 Å². The summed E-state index contributed by atoms with van der Waals surface area (Å²) in [6, 6.07) is 6.94. The Morgan fingerprint density at radius 3 is 1.58 bits per heavy atom. The van der Waals surface area contributed by atoms with E-state index in [9.17, 15) is 8.78 Å². The standard InChI is InChI=1S/C12H9BF2O4/c14-9-3-1-7(5-11(9)16)18-13-19-8-2-4-10(15)12(17)6-8/h1-6,13,16-17H. The van der Waals surface area contributed by atoms with Crippen LogP contribution in [0.5, 0.6) is 23.0 Å². The number of benzene rings is 2. The summed E-state index contributed by atoms with van der Waals surface area (Å²) in [5.41, 5.74) is 0. The Hall–Kier alpha value is -2.44. The molecule has 0 unspecified atom stereocenters. The van der Waals surface area contributed by atoms with E-state index in [1.54, 1.807) is 0 Å². The van der Waals surface area contributed by atoms with Crippen LogP contribution in [0, 0.1) is 11.6 Å². The summed E-state index contributed by atoms with van der Waals surface area (Å²) in [7, 11) is -0.240. The van der Waals surface area contributed by atoms with Gasteiger partial charge in [-0.25, -0.2) is 8.78 Å². The first-order valence-corrected chi connectivity index (χ1v) is 5.29. The Morgan fingerprint density at radius 2 is 1.21 bits per heavy atom. The zero-order valence-corrected chi connectivity index (χ0v) is 9.64. The number of rotatable bonds is 4. The summed E-state index contributed by atoms with van der Waals surface area (Å²) in [6.07, 6.45) is 0. The Balaban J connectivity index is 1.92. The van der Waals surface area contributed by atoms with Crippen molar-refractivity contribution in [2.45, 2.75) is 0 Å². The highest BCUT2D eigenvalue weighted by Gasteiger charge is 2.06. The van der Waals surface area contributed by atoms with E-state index in [0.29, 0.717) is 0 Å². The van der Waals surface area contributed by atoms with Crippen molar-refractivity contribution in [3.8, 4) is 23.0 Å². The number of halogens is 2. The Bertz CT molecular complexity index is 540. The zero-order chi connectivity index (χ0) is 13.8. The van der Waals surface area contributed by atoms with E-state index in [1.807, 2.05) is 0 Å². The van der Waals surface area contributed by atoms with Gasteiger partial charge in [-0.1, -0.05) is 0 Å². The van der Waals surface area contributed by atoms with Gasteiger partial charge in [0, 0.05) is 12.1 Å². The van der Waals surface area contributed by atoms with Crippen molar-refractivity contribution >= 4 is 7.69 Å². The van der Waals surface area contributed by atoms with Gasteiger partial charge >= 0.3 is 7.69 Å². The van der Waals surface area contributed by atoms with Crippen LogP contribution < -0.4 is 9.31 Å². The normalized spacial score (nSPS) is 10.0. The van der Waals surface area contributed by atoms with E-state index >= 15 is 0 Å². The van der Waals surface area contributed by atoms with Crippen LogP contribution in [0.2, 0.25) is 0 Å². The van der Waals surface area contributed by atoms with Gasteiger partial charge in [-0.05, 0) is 24.3 Å².